The van der Waals surface area contributed by atoms with Gasteiger partial charge in [-0.05, 0) is 68.1 Å². The van der Waals surface area contributed by atoms with Crippen molar-refractivity contribution in [2.75, 3.05) is 22.8 Å². The van der Waals surface area contributed by atoms with E-state index in [0.29, 0.717) is 24.6 Å². The van der Waals surface area contributed by atoms with Crippen LogP contribution in [0.2, 0.25) is 0 Å². The molecule has 0 spiro atoms. The third kappa shape index (κ3) is 4.10. The van der Waals surface area contributed by atoms with Crippen LogP contribution in [0.4, 0.5) is 11.4 Å². The summed E-state index contributed by atoms with van der Waals surface area (Å²) in [5.41, 5.74) is 2.37. The number of nitrogens with zero attached hydrogens (tertiary/aromatic N) is 1. The number of carbonyl (C=O) groups is 1. The number of rotatable bonds is 6. The van der Waals surface area contributed by atoms with Gasteiger partial charge >= 0.3 is 0 Å². The molecule has 1 saturated carbocycles. The molecule has 0 aromatic heterocycles. The molecule has 1 aliphatic carbocycles. The molecule has 154 valence electrons. The largest absolute Gasteiger partial charge is 0.494 e. The summed E-state index contributed by atoms with van der Waals surface area (Å²) in [5.74, 6) is 0.906. The third-order valence-corrected chi connectivity index (χ3v) is 7.05. The van der Waals surface area contributed by atoms with Crippen molar-refractivity contribution in [3.05, 3.63) is 48.0 Å². The summed E-state index contributed by atoms with van der Waals surface area (Å²) in [6, 6.07) is 11.8. The first kappa shape index (κ1) is 19.8. The van der Waals surface area contributed by atoms with Gasteiger partial charge in [-0.15, -0.1) is 0 Å². The first-order valence-electron chi connectivity index (χ1n) is 10.2. The molecule has 7 heteroatoms. The lowest BCUT2D eigenvalue weighted by Crippen LogP contribution is -2.33. The maximum Gasteiger partial charge on any atom is 0.261 e. The van der Waals surface area contributed by atoms with Crippen LogP contribution in [0.3, 0.4) is 0 Å². The predicted molar refractivity (Wildman–Crippen MR) is 113 cm³/mol. The highest BCUT2D eigenvalue weighted by Gasteiger charge is 2.32. The van der Waals surface area contributed by atoms with E-state index in [-0.39, 0.29) is 16.7 Å². The number of anilines is 2. The second-order valence-electron chi connectivity index (χ2n) is 7.57. The Morgan fingerprint density at radius 1 is 1.14 bits per heavy atom. The Morgan fingerprint density at radius 3 is 2.55 bits per heavy atom. The zero-order valence-electron chi connectivity index (χ0n) is 16.6. The molecule has 1 amide bonds. The Hall–Kier alpha value is -2.54. The molecule has 0 saturated heterocycles. The van der Waals surface area contributed by atoms with Crippen LogP contribution >= 0.6 is 0 Å². The Kier molecular flexibility index (Phi) is 5.50. The summed E-state index contributed by atoms with van der Waals surface area (Å²) < 4.78 is 33.5. The van der Waals surface area contributed by atoms with Gasteiger partial charge in [0.15, 0.2) is 0 Å². The number of hydrogen-bond donors (Lipinski definition) is 1. The van der Waals surface area contributed by atoms with Crippen molar-refractivity contribution in [3.8, 4) is 5.75 Å². The van der Waals surface area contributed by atoms with E-state index in [0.717, 1.165) is 43.4 Å². The van der Waals surface area contributed by atoms with Crippen molar-refractivity contribution in [1.82, 2.24) is 0 Å². The number of fused-ring (bicyclic) bond motifs is 1. The average molecular weight is 415 g/mol. The molecule has 1 aliphatic heterocycles. The van der Waals surface area contributed by atoms with Gasteiger partial charge < -0.3 is 9.64 Å². The van der Waals surface area contributed by atoms with E-state index in [1.807, 2.05) is 17.9 Å². The topological polar surface area (TPSA) is 75.7 Å². The van der Waals surface area contributed by atoms with Crippen LogP contribution in [0.25, 0.3) is 0 Å². The smallest absolute Gasteiger partial charge is 0.261 e. The van der Waals surface area contributed by atoms with Crippen LogP contribution in [0.5, 0.6) is 5.75 Å². The molecule has 0 atom stereocenters. The number of amides is 1. The van der Waals surface area contributed by atoms with Gasteiger partial charge in [-0.1, -0.05) is 18.9 Å². The van der Waals surface area contributed by atoms with Gasteiger partial charge in [0.2, 0.25) is 5.91 Å². The number of carbonyl (C=O) groups excluding carboxylic acids is 1. The molecular weight excluding hydrogens is 388 g/mol. The van der Waals surface area contributed by atoms with Crippen molar-refractivity contribution < 1.29 is 17.9 Å². The van der Waals surface area contributed by atoms with Crippen molar-refractivity contribution in [2.24, 2.45) is 5.92 Å². The van der Waals surface area contributed by atoms with E-state index in [4.69, 9.17) is 4.74 Å². The fraction of sp³-hybridized carbons (Fsp3) is 0.409. The zero-order chi connectivity index (χ0) is 20.4. The second-order valence-corrected chi connectivity index (χ2v) is 9.26. The summed E-state index contributed by atoms with van der Waals surface area (Å²) in [6.07, 6.45) is 4.93. The fourth-order valence-electron chi connectivity index (χ4n) is 4.16. The van der Waals surface area contributed by atoms with Gasteiger partial charge in [0.05, 0.1) is 17.2 Å². The SMILES string of the molecule is CCOc1ccc(S(=O)(=O)Nc2ccc3c(c2)N(C(=O)C2CCCC2)CC3)cc1. The Morgan fingerprint density at radius 2 is 1.86 bits per heavy atom. The highest BCUT2D eigenvalue weighted by Crippen LogP contribution is 2.35. The number of sulfonamides is 1. The molecule has 29 heavy (non-hydrogen) atoms. The minimum absolute atomic E-state index is 0.102. The second kappa shape index (κ2) is 8.06. The quantitative estimate of drug-likeness (QED) is 0.776. The molecular formula is C22H26N2O4S. The lowest BCUT2D eigenvalue weighted by Gasteiger charge is -2.22. The highest BCUT2D eigenvalue weighted by atomic mass is 32.2. The molecule has 1 heterocycles. The number of nitrogens with one attached hydrogen (secondary N) is 1. The Balaban J connectivity index is 1.54. The molecule has 6 nitrogen and oxygen atoms in total. The maximum atomic E-state index is 12.9. The van der Waals surface area contributed by atoms with E-state index in [2.05, 4.69) is 4.72 Å². The first-order chi connectivity index (χ1) is 14.0. The van der Waals surface area contributed by atoms with Crippen molar-refractivity contribution in [1.29, 1.82) is 0 Å². The normalized spacial score (nSPS) is 16.7. The van der Waals surface area contributed by atoms with Gasteiger partial charge in [-0.25, -0.2) is 8.42 Å². The van der Waals surface area contributed by atoms with Gasteiger partial charge in [0.25, 0.3) is 10.0 Å². The van der Waals surface area contributed by atoms with E-state index in [9.17, 15) is 13.2 Å². The lowest BCUT2D eigenvalue weighted by molar-refractivity contribution is -0.122. The monoisotopic (exact) mass is 414 g/mol. The van der Waals surface area contributed by atoms with Gasteiger partial charge in [-0.2, -0.15) is 0 Å². The molecule has 1 fully saturated rings. The Labute approximate surface area is 171 Å². The number of hydrogen-bond acceptors (Lipinski definition) is 4. The number of ether oxygens (including phenoxy) is 1. The summed E-state index contributed by atoms with van der Waals surface area (Å²) in [5, 5.41) is 0. The zero-order valence-corrected chi connectivity index (χ0v) is 17.4. The molecule has 2 aromatic carbocycles. The van der Waals surface area contributed by atoms with Crippen LogP contribution in [-0.4, -0.2) is 27.5 Å². The van der Waals surface area contributed by atoms with Crippen molar-refractivity contribution >= 4 is 27.3 Å². The van der Waals surface area contributed by atoms with E-state index in [1.54, 1.807) is 24.3 Å². The molecule has 1 N–H and O–H groups in total. The van der Waals surface area contributed by atoms with E-state index >= 15 is 0 Å². The molecule has 2 aromatic rings. The van der Waals surface area contributed by atoms with Crippen LogP contribution in [0.15, 0.2) is 47.4 Å². The fourth-order valence-corrected chi connectivity index (χ4v) is 5.21. The summed E-state index contributed by atoms with van der Waals surface area (Å²) in [4.78, 5) is 14.9. The van der Waals surface area contributed by atoms with Crippen LogP contribution in [0.1, 0.15) is 38.2 Å². The number of benzene rings is 2. The van der Waals surface area contributed by atoms with Crippen LogP contribution in [-0.2, 0) is 21.2 Å². The first-order valence-corrected chi connectivity index (χ1v) is 11.7. The van der Waals surface area contributed by atoms with Crippen LogP contribution in [0, 0.1) is 5.92 Å². The average Bonchev–Trinajstić information content (AvgIpc) is 3.38. The van der Waals surface area contributed by atoms with Gasteiger partial charge in [-0.3, -0.25) is 9.52 Å². The van der Waals surface area contributed by atoms with E-state index in [1.165, 1.54) is 12.1 Å². The van der Waals surface area contributed by atoms with Gasteiger partial charge in [0, 0.05) is 18.2 Å². The molecule has 0 unspecified atom stereocenters. The maximum absolute atomic E-state index is 12.9. The summed E-state index contributed by atoms with van der Waals surface area (Å²) in [6.45, 7) is 3.07. The molecule has 0 radical (unpaired) electrons. The molecule has 4 rings (SSSR count). The summed E-state index contributed by atoms with van der Waals surface area (Å²) >= 11 is 0. The van der Waals surface area contributed by atoms with E-state index < -0.39 is 10.0 Å². The standard InChI is InChI=1S/C22H26N2O4S/c1-2-28-19-9-11-20(12-10-19)29(26,27)23-18-8-7-16-13-14-24(21(16)15-18)22(25)17-5-3-4-6-17/h7-12,15,17,23H,2-6,13-14H2,1H3. The molecule has 0 bridgehead atoms. The molecule has 2 aliphatic rings. The lowest BCUT2D eigenvalue weighted by atomic mass is 10.1. The third-order valence-electron chi connectivity index (χ3n) is 5.65. The highest BCUT2D eigenvalue weighted by molar-refractivity contribution is 7.92. The minimum Gasteiger partial charge on any atom is -0.494 e. The summed E-state index contributed by atoms with van der Waals surface area (Å²) in [7, 11) is -3.72. The minimum atomic E-state index is -3.72. The Bertz CT molecular complexity index is 996. The van der Waals surface area contributed by atoms with Gasteiger partial charge in [0.1, 0.15) is 5.75 Å². The predicted octanol–water partition coefficient (Wildman–Crippen LogP) is 3.97. The van der Waals surface area contributed by atoms with Crippen LogP contribution < -0.4 is 14.4 Å². The van der Waals surface area contributed by atoms with Crippen molar-refractivity contribution in [3.63, 3.8) is 0 Å². The van der Waals surface area contributed by atoms with Crippen molar-refractivity contribution in [2.45, 2.75) is 43.9 Å².